The zero-order valence-electron chi connectivity index (χ0n) is 15.2. The van der Waals surface area contributed by atoms with E-state index in [-0.39, 0.29) is 0 Å². The topological polar surface area (TPSA) is 24.5 Å². The van der Waals surface area contributed by atoms with Crippen LogP contribution in [0, 0.1) is 0 Å². The summed E-state index contributed by atoms with van der Waals surface area (Å²) in [7, 11) is 0. The Morgan fingerprint density at radius 3 is 2.35 bits per heavy atom. The lowest BCUT2D eigenvalue weighted by Crippen LogP contribution is -2.31. The van der Waals surface area contributed by atoms with Crippen molar-refractivity contribution in [2.24, 2.45) is 0 Å². The maximum atomic E-state index is 6.22. The normalized spacial score (nSPS) is 11.2. The molecule has 0 unspecified atom stereocenters. The van der Waals surface area contributed by atoms with Crippen molar-refractivity contribution < 1.29 is 4.74 Å². The van der Waals surface area contributed by atoms with Gasteiger partial charge in [0, 0.05) is 45.8 Å². The molecule has 0 aliphatic carbocycles. The van der Waals surface area contributed by atoms with Gasteiger partial charge >= 0.3 is 0 Å². The molecule has 26 heavy (non-hydrogen) atoms. The lowest BCUT2D eigenvalue weighted by molar-refractivity contribution is 0.296. The molecule has 0 fully saturated rings. The second kappa shape index (κ2) is 11.0. The van der Waals surface area contributed by atoms with Gasteiger partial charge in [-0.05, 0) is 43.4 Å². The second-order valence-electron chi connectivity index (χ2n) is 5.94. The van der Waals surface area contributed by atoms with Crippen LogP contribution in [-0.2, 0) is 13.2 Å². The van der Waals surface area contributed by atoms with Crippen molar-refractivity contribution in [1.82, 2.24) is 10.2 Å². The van der Waals surface area contributed by atoms with Crippen molar-refractivity contribution in [1.29, 1.82) is 0 Å². The van der Waals surface area contributed by atoms with Crippen LogP contribution in [0.2, 0.25) is 15.1 Å². The van der Waals surface area contributed by atoms with Gasteiger partial charge < -0.3 is 15.0 Å². The van der Waals surface area contributed by atoms with Gasteiger partial charge in [-0.15, -0.1) is 0 Å². The van der Waals surface area contributed by atoms with Crippen LogP contribution in [0.15, 0.2) is 36.4 Å². The molecule has 0 aromatic heterocycles. The van der Waals surface area contributed by atoms with Crippen LogP contribution in [0.25, 0.3) is 0 Å². The fourth-order valence-corrected chi connectivity index (χ4v) is 3.35. The molecule has 142 valence electrons. The first-order chi connectivity index (χ1) is 12.5. The molecule has 0 aliphatic rings. The highest BCUT2D eigenvalue weighted by Crippen LogP contribution is 2.28. The van der Waals surface area contributed by atoms with Crippen LogP contribution in [0.4, 0.5) is 0 Å². The Morgan fingerprint density at radius 1 is 1.00 bits per heavy atom. The number of likely N-dealkylation sites (N-methyl/N-ethyl adjacent to an activating group) is 1. The molecule has 2 aromatic rings. The highest BCUT2D eigenvalue weighted by Gasteiger charge is 2.10. The maximum Gasteiger partial charge on any atom is 0.124 e. The van der Waals surface area contributed by atoms with E-state index < -0.39 is 0 Å². The number of halogens is 3. The summed E-state index contributed by atoms with van der Waals surface area (Å²) < 4.78 is 5.98. The molecule has 0 aliphatic heterocycles. The number of nitrogens with one attached hydrogen (secondary N) is 1. The molecule has 0 saturated heterocycles. The average molecular weight is 416 g/mol. The highest BCUT2D eigenvalue weighted by atomic mass is 35.5. The average Bonchev–Trinajstić information content (AvgIpc) is 2.63. The Hall–Kier alpha value is -0.970. The van der Waals surface area contributed by atoms with Gasteiger partial charge in [0.2, 0.25) is 0 Å². The van der Waals surface area contributed by atoms with Gasteiger partial charge in [0.25, 0.3) is 0 Å². The van der Waals surface area contributed by atoms with E-state index >= 15 is 0 Å². The van der Waals surface area contributed by atoms with Crippen molar-refractivity contribution in [2.45, 2.75) is 27.0 Å². The highest BCUT2D eigenvalue weighted by molar-refractivity contribution is 6.36. The minimum Gasteiger partial charge on any atom is -0.488 e. The number of nitrogens with zero attached hydrogens (tertiary/aromatic N) is 1. The van der Waals surface area contributed by atoms with Crippen LogP contribution in [-0.4, -0.2) is 31.1 Å². The lowest BCUT2D eigenvalue weighted by atomic mass is 10.2. The molecule has 0 bridgehead atoms. The third-order valence-electron chi connectivity index (χ3n) is 4.27. The summed E-state index contributed by atoms with van der Waals surface area (Å²) in [5.41, 5.74) is 1.80. The first kappa shape index (κ1) is 21.3. The van der Waals surface area contributed by atoms with Crippen molar-refractivity contribution >= 4 is 34.8 Å². The molecule has 0 amide bonds. The van der Waals surface area contributed by atoms with Gasteiger partial charge in [0.15, 0.2) is 0 Å². The maximum absolute atomic E-state index is 6.22. The standard InChI is InChI=1S/C20H25Cl3N2O/c1-3-25(4-2)11-10-24-13-15-12-16(21)8-9-20(15)26-14-17-18(22)6-5-7-19(17)23/h5-9,12,24H,3-4,10-11,13-14H2,1-2H3. The third kappa shape index (κ3) is 6.33. The molecular formula is C20H25Cl3N2O. The van der Waals surface area contributed by atoms with E-state index in [0.717, 1.165) is 43.1 Å². The molecule has 0 atom stereocenters. The quantitative estimate of drug-likeness (QED) is 0.507. The monoisotopic (exact) mass is 414 g/mol. The van der Waals surface area contributed by atoms with E-state index in [9.17, 15) is 0 Å². The first-order valence-corrected chi connectivity index (χ1v) is 9.95. The summed E-state index contributed by atoms with van der Waals surface area (Å²) in [5.74, 6) is 0.778. The molecule has 6 heteroatoms. The summed E-state index contributed by atoms with van der Waals surface area (Å²) in [6.07, 6.45) is 0. The van der Waals surface area contributed by atoms with E-state index in [2.05, 4.69) is 24.1 Å². The van der Waals surface area contributed by atoms with E-state index in [4.69, 9.17) is 39.5 Å². The fourth-order valence-electron chi connectivity index (χ4n) is 2.65. The minimum absolute atomic E-state index is 0.312. The van der Waals surface area contributed by atoms with Gasteiger partial charge in [0.1, 0.15) is 12.4 Å². The number of benzene rings is 2. The Labute approximate surface area is 171 Å². The number of rotatable bonds is 10. The van der Waals surface area contributed by atoms with E-state index in [1.54, 1.807) is 0 Å². The smallest absolute Gasteiger partial charge is 0.124 e. The number of ether oxygens (including phenoxy) is 1. The Bertz CT molecular complexity index is 685. The molecular weight excluding hydrogens is 391 g/mol. The van der Waals surface area contributed by atoms with E-state index in [1.165, 1.54) is 0 Å². The molecule has 2 aromatic carbocycles. The summed E-state index contributed by atoms with van der Waals surface area (Å²) in [6, 6.07) is 11.1. The van der Waals surface area contributed by atoms with Crippen molar-refractivity contribution in [3.8, 4) is 5.75 Å². The molecule has 0 radical (unpaired) electrons. The number of hydrogen-bond acceptors (Lipinski definition) is 3. The molecule has 0 heterocycles. The predicted molar refractivity (Wildman–Crippen MR) is 112 cm³/mol. The summed E-state index contributed by atoms with van der Waals surface area (Å²) in [4.78, 5) is 2.38. The number of hydrogen-bond donors (Lipinski definition) is 1. The van der Waals surface area contributed by atoms with Gasteiger partial charge in [-0.1, -0.05) is 54.7 Å². The first-order valence-electron chi connectivity index (χ1n) is 8.82. The Kier molecular flexibility index (Phi) is 9.03. The lowest BCUT2D eigenvalue weighted by Gasteiger charge is -2.18. The largest absolute Gasteiger partial charge is 0.488 e. The minimum atomic E-state index is 0.312. The fraction of sp³-hybridized carbons (Fsp3) is 0.400. The van der Waals surface area contributed by atoms with Crippen LogP contribution in [0.1, 0.15) is 25.0 Å². The molecule has 0 saturated carbocycles. The van der Waals surface area contributed by atoms with Crippen LogP contribution in [0.3, 0.4) is 0 Å². The van der Waals surface area contributed by atoms with Crippen molar-refractivity contribution in [3.05, 3.63) is 62.6 Å². The van der Waals surface area contributed by atoms with Gasteiger partial charge in [0.05, 0.1) is 0 Å². The zero-order valence-corrected chi connectivity index (χ0v) is 17.5. The van der Waals surface area contributed by atoms with Gasteiger partial charge in [-0.2, -0.15) is 0 Å². The second-order valence-corrected chi connectivity index (χ2v) is 7.20. The van der Waals surface area contributed by atoms with Crippen LogP contribution in [0.5, 0.6) is 5.75 Å². The van der Waals surface area contributed by atoms with Gasteiger partial charge in [-0.25, -0.2) is 0 Å². The van der Waals surface area contributed by atoms with Crippen molar-refractivity contribution in [2.75, 3.05) is 26.2 Å². The SMILES string of the molecule is CCN(CC)CCNCc1cc(Cl)ccc1OCc1c(Cl)cccc1Cl. The summed E-state index contributed by atoms with van der Waals surface area (Å²) in [5, 5.41) is 5.35. The Balaban J connectivity index is 1.98. The zero-order chi connectivity index (χ0) is 18.9. The third-order valence-corrected chi connectivity index (χ3v) is 5.21. The molecule has 2 rings (SSSR count). The van der Waals surface area contributed by atoms with E-state index in [0.29, 0.717) is 28.2 Å². The summed E-state index contributed by atoms with van der Waals surface area (Å²) in [6.45, 7) is 9.38. The van der Waals surface area contributed by atoms with Crippen molar-refractivity contribution in [3.63, 3.8) is 0 Å². The van der Waals surface area contributed by atoms with Gasteiger partial charge in [-0.3, -0.25) is 0 Å². The predicted octanol–water partition coefficient (Wildman–Crippen LogP) is 5.66. The summed E-state index contributed by atoms with van der Waals surface area (Å²) >= 11 is 18.6. The molecule has 3 nitrogen and oxygen atoms in total. The van der Waals surface area contributed by atoms with E-state index in [1.807, 2.05) is 36.4 Å². The van der Waals surface area contributed by atoms with Crippen LogP contribution < -0.4 is 10.1 Å². The molecule has 1 N–H and O–H groups in total. The molecule has 0 spiro atoms. The van der Waals surface area contributed by atoms with Crippen LogP contribution >= 0.6 is 34.8 Å². The Morgan fingerprint density at radius 2 is 1.69 bits per heavy atom.